The monoisotopic (exact) mass is 313 g/mol. The molecule has 0 atom stereocenters. The first-order valence-electron chi connectivity index (χ1n) is 9.04. The second-order valence-electron chi connectivity index (χ2n) is 5.80. The number of primary amides is 1. The molecular formula is C18H39N3O. The number of amides is 1. The van der Waals surface area contributed by atoms with Gasteiger partial charge in [-0.05, 0) is 32.1 Å². The number of carbonyl (C=O) groups is 1. The molecule has 0 spiro atoms. The van der Waals surface area contributed by atoms with Gasteiger partial charge in [0.15, 0.2) is 0 Å². The number of carbonyl (C=O) groups excluding carboxylic acids is 1. The summed E-state index contributed by atoms with van der Waals surface area (Å²) in [5.41, 5.74) is 5.10. The molecule has 0 radical (unpaired) electrons. The van der Waals surface area contributed by atoms with Gasteiger partial charge in [0, 0.05) is 6.42 Å². The van der Waals surface area contributed by atoms with Gasteiger partial charge < -0.3 is 5.73 Å². The molecule has 6 N–H and O–H groups in total. The molecule has 0 saturated heterocycles. The van der Waals surface area contributed by atoms with Gasteiger partial charge in [-0.15, -0.1) is 0 Å². The molecule has 4 nitrogen and oxygen atoms in total. The second-order valence-corrected chi connectivity index (χ2v) is 5.80. The summed E-state index contributed by atoms with van der Waals surface area (Å²) in [4.78, 5) is 10.5. The van der Waals surface area contributed by atoms with Crippen LogP contribution in [0.5, 0.6) is 0 Å². The molecule has 0 saturated carbocycles. The fourth-order valence-electron chi connectivity index (χ4n) is 2.37. The average Bonchev–Trinajstić information content (AvgIpc) is 2.53. The van der Waals surface area contributed by atoms with E-state index in [0.29, 0.717) is 6.42 Å². The number of rotatable bonds is 15. The predicted molar refractivity (Wildman–Crippen MR) is 97.0 cm³/mol. The van der Waals surface area contributed by atoms with Crippen molar-refractivity contribution in [3.8, 4) is 0 Å². The Kier molecular flexibility index (Phi) is 23.8. The van der Waals surface area contributed by atoms with E-state index in [-0.39, 0.29) is 5.91 Å². The van der Waals surface area contributed by atoms with Crippen LogP contribution in [0.1, 0.15) is 96.8 Å². The minimum atomic E-state index is -0.164. The Balaban J connectivity index is 0. The lowest BCUT2D eigenvalue weighted by molar-refractivity contribution is -0.118. The van der Waals surface area contributed by atoms with Gasteiger partial charge in [0.2, 0.25) is 5.91 Å². The van der Waals surface area contributed by atoms with Crippen LogP contribution in [0.15, 0.2) is 12.2 Å². The topological polar surface area (TPSA) is 95.1 Å². The lowest BCUT2D eigenvalue weighted by Gasteiger charge is -1.99. The van der Waals surface area contributed by atoms with Crippen LogP contribution in [-0.4, -0.2) is 5.91 Å². The van der Waals surface area contributed by atoms with Gasteiger partial charge in [0.25, 0.3) is 0 Å². The van der Waals surface area contributed by atoms with Crippen molar-refractivity contribution in [2.24, 2.45) is 17.4 Å². The molecule has 0 aliphatic rings. The van der Waals surface area contributed by atoms with Gasteiger partial charge >= 0.3 is 0 Å². The van der Waals surface area contributed by atoms with E-state index in [1.54, 1.807) is 0 Å². The molecule has 0 aromatic rings. The number of hydrogen-bond donors (Lipinski definition) is 3. The zero-order chi connectivity index (χ0) is 16.9. The molecule has 0 unspecified atom stereocenters. The maximum atomic E-state index is 10.5. The normalized spacial score (nSPS) is 10.5. The SMILES string of the molecule is CCCCCCCC/C=C\CCCCCCCC(N)=O.NN. The highest BCUT2D eigenvalue weighted by atomic mass is 16.1. The van der Waals surface area contributed by atoms with Gasteiger partial charge in [0.1, 0.15) is 0 Å². The van der Waals surface area contributed by atoms with Gasteiger partial charge in [-0.25, -0.2) is 0 Å². The van der Waals surface area contributed by atoms with E-state index in [0.717, 1.165) is 12.8 Å². The summed E-state index contributed by atoms with van der Waals surface area (Å²) in [6.07, 6.45) is 21.9. The molecule has 0 aromatic heterocycles. The van der Waals surface area contributed by atoms with Crippen LogP contribution in [0, 0.1) is 0 Å². The molecule has 4 heteroatoms. The van der Waals surface area contributed by atoms with E-state index in [2.05, 4.69) is 30.8 Å². The summed E-state index contributed by atoms with van der Waals surface area (Å²) < 4.78 is 0. The van der Waals surface area contributed by atoms with Crippen LogP contribution in [0.4, 0.5) is 0 Å². The lowest BCUT2D eigenvalue weighted by Crippen LogP contribution is -2.09. The maximum Gasteiger partial charge on any atom is 0.217 e. The molecule has 22 heavy (non-hydrogen) atoms. The molecule has 0 heterocycles. The summed E-state index contributed by atoms with van der Waals surface area (Å²) >= 11 is 0. The third kappa shape index (κ3) is 24.2. The van der Waals surface area contributed by atoms with Crippen LogP contribution < -0.4 is 17.4 Å². The number of hydrazine groups is 1. The quantitative estimate of drug-likeness (QED) is 0.182. The molecule has 0 aromatic carbocycles. The molecule has 0 rings (SSSR count). The third-order valence-corrected chi connectivity index (χ3v) is 3.68. The minimum Gasteiger partial charge on any atom is -0.370 e. The van der Waals surface area contributed by atoms with Crippen molar-refractivity contribution in [2.75, 3.05) is 0 Å². The van der Waals surface area contributed by atoms with E-state index in [9.17, 15) is 4.79 Å². The van der Waals surface area contributed by atoms with Crippen molar-refractivity contribution in [3.05, 3.63) is 12.2 Å². The zero-order valence-electron chi connectivity index (χ0n) is 14.7. The van der Waals surface area contributed by atoms with Crippen molar-refractivity contribution in [1.29, 1.82) is 0 Å². The molecule has 0 bridgehead atoms. The number of hydrogen-bond acceptors (Lipinski definition) is 3. The number of nitrogens with two attached hydrogens (primary N) is 3. The van der Waals surface area contributed by atoms with E-state index in [4.69, 9.17) is 5.73 Å². The minimum absolute atomic E-state index is 0.164. The molecule has 0 fully saturated rings. The summed E-state index contributed by atoms with van der Waals surface area (Å²) in [6.45, 7) is 2.26. The highest BCUT2D eigenvalue weighted by Crippen LogP contribution is 2.09. The Bertz CT molecular complexity index is 242. The average molecular weight is 314 g/mol. The summed E-state index contributed by atoms with van der Waals surface area (Å²) in [5, 5.41) is 0. The fraction of sp³-hybridized carbons (Fsp3) is 0.833. The summed E-state index contributed by atoms with van der Waals surface area (Å²) in [6, 6.07) is 0. The van der Waals surface area contributed by atoms with Crippen LogP contribution in [0.2, 0.25) is 0 Å². The molecule has 132 valence electrons. The molecular weight excluding hydrogens is 274 g/mol. The second kappa shape index (κ2) is 22.4. The predicted octanol–water partition coefficient (Wildman–Crippen LogP) is 4.33. The molecule has 1 amide bonds. The van der Waals surface area contributed by atoms with E-state index in [1.165, 1.54) is 70.6 Å². The van der Waals surface area contributed by atoms with Crippen molar-refractivity contribution < 1.29 is 4.79 Å². The van der Waals surface area contributed by atoms with Crippen molar-refractivity contribution >= 4 is 5.91 Å². The first kappa shape index (κ1) is 23.4. The third-order valence-electron chi connectivity index (χ3n) is 3.68. The lowest BCUT2D eigenvalue weighted by atomic mass is 10.1. The van der Waals surface area contributed by atoms with Crippen molar-refractivity contribution in [2.45, 2.75) is 96.8 Å². The number of allylic oxidation sites excluding steroid dienone is 2. The van der Waals surface area contributed by atoms with E-state index >= 15 is 0 Å². The van der Waals surface area contributed by atoms with Gasteiger partial charge in [-0.1, -0.05) is 70.4 Å². The Morgan fingerprint density at radius 3 is 1.59 bits per heavy atom. The van der Waals surface area contributed by atoms with Crippen LogP contribution in [0.3, 0.4) is 0 Å². The van der Waals surface area contributed by atoms with Gasteiger partial charge in [-0.3, -0.25) is 16.5 Å². The van der Waals surface area contributed by atoms with Crippen LogP contribution >= 0.6 is 0 Å². The standard InChI is InChI=1S/C18H35NO.H4N2/c1-2-3-4-5-6-7-8-9-10-11-12-13-14-15-16-17-18(19)20;1-2/h9-10H,2-8,11-17H2,1H3,(H2,19,20);1-2H2/b10-9-;. The van der Waals surface area contributed by atoms with E-state index < -0.39 is 0 Å². The van der Waals surface area contributed by atoms with Crippen molar-refractivity contribution in [3.63, 3.8) is 0 Å². The summed E-state index contributed by atoms with van der Waals surface area (Å²) in [5.74, 6) is 7.84. The smallest absolute Gasteiger partial charge is 0.217 e. The Labute approximate surface area is 137 Å². The molecule has 0 aliphatic carbocycles. The van der Waals surface area contributed by atoms with Crippen LogP contribution in [-0.2, 0) is 4.79 Å². The Hall–Kier alpha value is -0.870. The highest BCUT2D eigenvalue weighted by molar-refractivity contribution is 5.73. The van der Waals surface area contributed by atoms with E-state index in [1.807, 2.05) is 0 Å². The highest BCUT2D eigenvalue weighted by Gasteiger charge is 1.94. The Morgan fingerprint density at radius 1 is 0.727 bits per heavy atom. The van der Waals surface area contributed by atoms with Gasteiger partial charge in [-0.2, -0.15) is 0 Å². The first-order valence-corrected chi connectivity index (χ1v) is 9.04. The van der Waals surface area contributed by atoms with Crippen molar-refractivity contribution in [1.82, 2.24) is 0 Å². The van der Waals surface area contributed by atoms with Gasteiger partial charge in [0.05, 0.1) is 0 Å². The number of unbranched alkanes of at least 4 members (excludes halogenated alkanes) is 11. The maximum absolute atomic E-state index is 10.5. The first-order chi connectivity index (χ1) is 10.8. The Morgan fingerprint density at radius 2 is 1.14 bits per heavy atom. The fourth-order valence-corrected chi connectivity index (χ4v) is 2.37. The molecule has 0 aliphatic heterocycles. The summed E-state index contributed by atoms with van der Waals surface area (Å²) in [7, 11) is 0. The van der Waals surface area contributed by atoms with Crippen LogP contribution in [0.25, 0.3) is 0 Å². The zero-order valence-corrected chi connectivity index (χ0v) is 14.7. The largest absolute Gasteiger partial charge is 0.370 e.